The molecule has 0 radical (unpaired) electrons. The van der Waals surface area contributed by atoms with Gasteiger partial charge in [0, 0.05) is 13.2 Å². The van der Waals surface area contributed by atoms with E-state index in [0.29, 0.717) is 12.5 Å². The SMILES string of the molecule is COCc1cccc(OC(CO)C(N)C2CC2)c1. The molecule has 0 heterocycles. The van der Waals surface area contributed by atoms with Crippen LogP contribution in [0.2, 0.25) is 0 Å². The van der Waals surface area contributed by atoms with Crippen molar-refractivity contribution >= 4 is 0 Å². The van der Waals surface area contributed by atoms with Gasteiger partial charge in [-0.1, -0.05) is 12.1 Å². The summed E-state index contributed by atoms with van der Waals surface area (Å²) in [6, 6.07) is 7.61. The number of rotatable bonds is 7. The van der Waals surface area contributed by atoms with E-state index in [-0.39, 0.29) is 18.8 Å². The van der Waals surface area contributed by atoms with Crippen molar-refractivity contribution in [2.75, 3.05) is 13.7 Å². The molecule has 1 fully saturated rings. The predicted molar refractivity (Wildman–Crippen MR) is 69.4 cm³/mol. The molecule has 1 aliphatic carbocycles. The van der Waals surface area contributed by atoms with Crippen LogP contribution in [0.5, 0.6) is 5.75 Å². The van der Waals surface area contributed by atoms with Crippen molar-refractivity contribution in [2.45, 2.75) is 31.6 Å². The Morgan fingerprint density at radius 1 is 1.44 bits per heavy atom. The fraction of sp³-hybridized carbons (Fsp3) is 0.571. The average molecular weight is 251 g/mol. The zero-order valence-electron chi connectivity index (χ0n) is 10.7. The molecule has 1 saturated carbocycles. The van der Waals surface area contributed by atoms with Gasteiger partial charge in [-0.2, -0.15) is 0 Å². The van der Waals surface area contributed by atoms with E-state index in [1.54, 1.807) is 7.11 Å². The molecule has 100 valence electrons. The summed E-state index contributed by atoms with van der Waals surface area (Å²) in [4.78, 5) is 0. The summed E-state index contributed by atoms with van der Waals surface area (Å²) in [5, 5.41) is 9.38. The highest BCUT2D eigenvalue weighted by Crippen LogP contribution is 2.33. The zero-order valence-corrected chi connectivity index (χ0v) is 10.7. The van der Waals surface area contributed by atoms with Crippen LogP contribution in [0, 0.1) is 5.92 Å². The maximum Gasteiger partial charge on any atom is 0.137 e. The lowest BCUT2D eigenvalue weighted by atomic mass is 10.1. The van der Waals surface area contributed by atoms with Crippen LogP contribution in [-0.2, 0) is 11.3 Å². The Balaban J connectivity index is 1.99. The second kappa shape index (κ2) is 6.18. The molecule has 2 atom stereocenters. The van der Waals surface area contributed by atoms with Gasteiger partial charge in [-0.25, -0.2) is 0 Å². The fourth-order valence-electron chi connectivity index (χ4n) is 2.07. The minimum absolute atomic E-state index is 0.0494. The van der Waals surface area contributed by atoms with Crippen LogP contribution < -0.4 is 10.5 Å². The molecule has 4 heteroatoms. The lowest BCUT2D eigenvalue weighted by Crippen LogP contribution is -2.43. The molecular formula is C14H21NO3. The Morgan fingerprint density at radius 3 is 2.83 bits per heavy atom. The quantitative estimate of drug-likeness (QED) is 0.767. The lowest BCUT2D eigenvalue weighted by molar-refractivity contribution is 0.0879. The number of benzene rings is 1. The van der Waals surface area contributed by atoms with Crippen LogP contribution in [0.1, 0.15) is 18.4 Å². The van der Waals surface area contributed by atoms with E-state index in [1.165, 1.54) is 0 Å². The molecule has 2 rings (SSSR count). The summed E-state index contributed by atoms with van der Waals surface area (Å²) in [6.07, 6.45) is 1.96. The first-order valence-corrected chi connectivity index (χ1v) is 6.35. The van der Waals surface area contributed by atoms with E-state index in [4.69, 9.17) is 15.2 Å². The van der Waals surface area contributed by atoms with E-state index >= 15 is 0 Å². The summed E-state index contributed by atoms with van der Waals surface area (Å²) in [5.74, 6) is 1.24. The normalized spacial score (nSPS) is 18.4. The van der Waals surface area contributed by atoms with Crippen LogP contribution in [0.4, 0.5) is 0 Å². The topological polar surface area (TPSA) is 64.7 Å². The third-order valence-electron chi connectivity index (χ3n) is 3.27. The first-order valence-electron chi connectivity index (χ1n) is 6.35. The summed E-state index contributed by atoms with van der Waals surface area (Å²) < 4.78 is 10.9. The first kappa shape index (κ1) is 13.3. The van der Waals surface area contributed by atoms with Crippen molar-refractivity contribution in [3.05, 3.63) is 29.8 Å². The Kier molecular flexibility index (Phi) is 4.58. The van der Waals surface area contributed by atoms with E-state index in [9.17, 15) is 5.11 Å². The van der Waals surface area contributed by atoms with Crippen LogP contribution in [0.3, 0.4) is 0 Å². The number of aliphatic hydroxyl groups is 1. The number of aliphatic hydroxyl groups excluding tert-OH is 1. The molecule has 3 N–H and O–H groups in total. The molecule has 0 saturated heterocycles. The minimum Gasteiger partial charge on any atom is -0.486 e. The predicted octanol–water partition coefficient (Wildman–Crippen LogP) is 1.31. The monoisotopic (exact) mass is 251 g/mol. The molecule has 0 amide bonds. The molecule has 0 spiro atoms. The van der Waals surface area contributed by atoms with Crippen molar-refractivity contribution in [3.63, 3.8) is 0 Å². The molecule has 18 heavy (non-hydrogen) atoms. The molecule has 2 unspecified atom stereocenters. The van der Waals surface area contributed by atoms with Crippen LogP contribution >= 0.6 is 0 Å². The second-order valence-corrected chi connectivity index (χ2v) is 4.83. The molecule has 1 aliphatic rings. The van der Waals surface area contributed by atoms with Gasteiger partial charge in [0.05, 0.1) is 13.2 Å². The third-order valence-corrected chi connectivity index (χ3v) is 3.27. The van der Waals surface area contributed by atoms with Crippen LogP contribution in [0.15, 0.2) is 24.3 Å². The number of hydrogen-bond acceptors (Lipinski definition) is 4. The maximum absolute atomic E-state index is 9.38. The minimum atomic E-state index is -0.324. The van der Waals surface area contributed by atoms with Gasteiger partial charge in [0.2, 0.25) is 0 Å². The average Bonchev–Trinajstić information content (AvgIpc) is 3.20. The largest absolute Gasteiger partial charge is 0.486 e. The van der Waals surface area contributed by atoms with Crippen molar-refractivity contribution < 1.29 is 14.6 Å². The lowest BCUT2D eigenvalue weighted by Gasteiger charge is -2.23. The van der Waals surface area contributed by atoms with Gasteiger partial charge in [-0.15, -0.1) is 0 Å². The van der Waals surface area contributed by atoms with Gasteiger partial charge in [-0.3, -0.25) is 0 Å². The third kappa shape index (κ3) is 3.45. The highest BCUT2D eigenvalue weighted by Gasteiger charge is 2.34. The van der Waals surface area contributed by atoms with Gasteiger partial charge >= 0.3 is 0 Å². The molecule has 4 nitrogen and oxygen atoms in total. The van der Waals surface area contributed by atoms with Gasteiger partial charge in [0.1, 0.15) is 11.9 Å². The van der Waals surface area contributed by atoms with Crippen molar-refractivity contribution in [1.82, 2.24) is 0 Å². The summed E-state index contributed by atoms with van der Waals surface area (Å²) in [5.41, 5.74) is 7.12. The molecule has 0 aromatic heterocycles. The van der Waals surface area contributed by atoms with Gasteiger partial charge in [-0.05, 0) is 36.5 Å². The number of ether oxygens (including phenoxy) is 2. The van der Waals surface area contributed by atoms with Gasteiger partial charge in [0.25, 0.3) is 0 Å². The van der Waals surface area contributed by atoms with Crippen molar-refractivity contribution in [1.29, 1.82) is 0 Å². The van der Waals surface area contributed by atoms with E-state index < -0.39 is 0 Å². The smallest absolute Gasteiger partial charge is 0.137 e. The maximum atomic E-state index is 9.38. The summed E-state index contributed by atoms with van der Waals surface area (Å²) in [7, 11) is 1.66. The van der Waals surface area contributed by atoms with Crippen molar-refractivity contribution in [3.8, 4) is 5.75 Å². The molecule has 1 aromatic rings. The molecule has 1 aromatic carbocycles. The highest BCUT2D eigenvalue weighted by molar-refractivity contribution is 5.28. The summed E-state index contributed by atoms with van der Waals surface area (Å²) in [6.45, 7) is 0.502. The standard InChI is InChI=1S/C14H21NO3/c1-17-9-10-3-2-4-12(7-10)18-13(8-16)14(15)11-5-6-11/h2-4,7,11,13-14,16H,5-6,8-9,15H2,1H3. The molecular weight excluding hydrogens is 230 g/mol. The number of hydrogen-bond donors (Lipinski definition) is 2. The second-order valence-electron chi connectivity index (χ2n) is 4.83. The van der Waals surface area contributed by atoms with E-state index in [0.717, 1.165) is 24.2 Å². The molecule has 0 bridgehead atoms. The molecule has 0 aliphatic heterocycles. The Labute approximate surface area is 108 Å². The van der Waals surface area contributed by atoms with Gasteiger partial charge in [0.15, 0.2) is 0 Å². The highest BCUT2D eigenvalue weighted by atomic mass is 16.5. The Bertz CT molecular complexity index is 379. The fourth-order valence-corrected chi connectivity index (χ4v) is 2.07. The Morgan fingerprint density at radius 2 is 2.22 bits per heavy atom. The van der Waals surface area contributed by atoms with Crippen molar-refractivity contribution in [2.24, 2.45) is 11.7 Å². The zero-order chi connectivity index (χ0) is 13.0. The first-order chi connectivity index (χ1) is 8.74. The van der Waals surface area contributed by atoms with E-state index in [2.05, 4.69) is 0 Å². The summed E-state index contributed by atoms with van der Waals surface area (Å²) >= 11 is 0. The van der Waals surface area contributed by atoms with E-state index in [1.807, 2.05) is 24.3 Å². The van der Waals surface area contributed by atoms with Gasteiger partial charge < -0.3 is 20.3 Å². The number of nitrogens with two attached hydrogens (primary N) is 1. The Hall–Kier alpha value is -1.10. The van der Waals surface area contributed by atoms with Crippen LogP contribution in [-0.4, -0.2) is 31.0 Å². The van der Waals surface area contributed by atoms with Crippen LogP contribution in [0.25, 0.3) is 0 Å². The number of methoxy groups -OCH3 is 1.